The van der Waals surface area contributed by atoms with Crippen LogP contribution in [0.15, 0.2) is 24.3 Å². The molecule has 0 aliphatic heterocycles. The maximum atomic E-state index is 13.1. The van der Waals surface area contributed by atoms with Crippen molar-refractivity contribution in [2.24, 2.45) is 5.73 Å². The zero-order valence-electron chi connectivity index (χ0n) is 11.5. The molecule has 118 valence electrons. The van der Waals surface area contributed by atoms with Crippen LogP contribution in [0.5, 0.6) is 0 Å². The van der Waals surface area contributed by atoms with Crippen LogP contribution in [-0.4, -0.2) is 33.8 Å². The Bertz CT molecular complexity index is 464. The number of aliphatic carboxylic acids is 1. The number of hydrogen-bond acceptors (Lipinski definition) is 4. The van der Waals surface area contributed by atoms with Crippen molar-refractivity contribution in [2.45, 2.75) is 37.5 Å². The lowest BCUT2D eigenvalue weighted by Gasteiger charge is -2.25. The third kappa shape index (κ3) is 6.90. The molecular formula is C13H20BClFNO4. The van der Waals surface area contributed by atoms with Crippen LogP contribution < -0.4 is 5.73 Å². The second-order valence-corrected chi connectivity index (χ2v) is 4.99. The Hall–Kier alpha value is -1.15. The number of halogens is 2. The number of carboxylic acids is 1. The Morgan fingerprint density at radius 3 is 2.52 bits per heavy atom. The fraction of sp³-hybridized carbons (Fsp3) is 0.462. The Morgan fingerprint density at radius 1 is 1.33 bits per heavy atom. The lowest BCUT2D eigenvalue weighted by Crippen LogP contribution is -2.49. The molecule has 0 fully saturated rings. The highest BCUT2D eigenvalue weighted by Crippen LogP contribution is 2.20. The second kappa shape index (κ2) is 8.99. The van der Waals surface area contributed by atoms with E-state index in [0.717, 1.165) is 0 Å². The summed E-state index contributed by atoms with van der Waals surface area (Å²) in [5, 5.41) is 26.7. The van der Waals surface area contributed by atoms with Crippen molar-refractivity contribution in [2.75, 3.05) is 0 Å². The number of benzene rings is 1. The monoisotopic (exact) mass is 319 g/mol. The number of hydrogen-bond donors (Lipinski definition) is 4. The van der Waals surface area contributed by atoms with Crippen LogP contribution in [0, 0.1) is 5.82 Å². The first-order valence-corrected chi connectivity index (χ1v) is 6.46. The molecule has 1 aromatic carbocycles. The van der Waals surface area contributed by atoms with E-state index >= 15 is 0 Å². The van der Waals surface area contributed by atoms with Crippen LogP contribution >= 0.6 is 12.4 Å². The number of carbonyl (C=O) groups is 1. The van der Waals surface area contributed by atoms with Gasteiger partial charge in [-0.15, -0.1) is 12.4 Å². The highest BCUT2D eigenvalue weighted by Gasteiger charge is 2.33. The molecule has 1 rings (SSSR count). The first-order valence-electron chi connectivity index (χ1n) is 6.46. The molecule has 0 spiro atoms. The third-order valence-electron chi connectivity index (χ3n) is 3.17. The van der Waals surface area contributed by atoms with E-state index in [1.54, 1.807) is 6.07 Å². The second-order valence-electron chi connectivity index (χ2n) is 4.99. The standard InChI is InChI=1S/C13H19BFNO4.ClH/c15-11-5-3-4-10(8-11)9-13(16,12(17)18)6-1-2-7-14(19)20;/h3-5,8,19-20H,1-2,6-7,9,16H2,(H,17,18);1H. The van der Waals surface area contributed by atoms with Gasteiger partial charge in [0.05, 0.1) is 0 Å². The Kier molecular flexibility index (Phi) is 8.50. The zero-order chi connectivity index (χ0) is 15.2. The summed E-state index contributed by atoms with van der Waals surface area (Å²) in [6.45, 7) is 0. The molecule has 1 atom stereocenters. The van der Waals surface area contributed by atoms with Gasteiger partial charge < -0.3 is 20.9 Å². The summed E-state index contributed by atoms with van der Waals surface area (Å²) in [4.78, 5) is 11.3. The molecule has 0 heterocycles. The van der Waals surface area contributed by atoms with Crippen LogP contribution in [-0.2, 0) is 11.2 Å². The van der Waals surface area contributed by atoms with Gasteiger partial charge in [0.2, 0.25) is 0 Å². The molecule has 0 amide bonds. The number of carboxylic acid groups (broad SMARTS) is 1. The Labute approximate surface area is 129 Å². The van der Waals surface area contributed by atoms with Crippen LogP contribution in [0.1, 0.15) is 24.8 Å². The van der Waals surface area contributed by atoms with Crippen molar-refractivity contribution in [3.63, 3.8) is 0 Å². The van der Waals surface area contributed by atoms with Crippen molar-refractivity contribution < 1.29 is 24.3 Å². The molecule has 0 saturated heterocycles. The molecule has 0 bridgehead atoms. The van der Waals surface area contributed by atoms with Crippen molar-refractivity contribution in [1.29, 1.82) is 0 Å². The molecule has 5 N–H and O–H groups in total. The van der Waals surface area contributed by atoms with E-state index in [0.29, 0.717) is 18.4 Å². The minimum Gasteiger partial charge on any atom is -0.480 e. The molecule has 1 aromatic rings. The first-order chi connectivity index (χ1) is 9.33. The minimum absolute atomic E-state index is 0. The quantitative estimate of drug-likeness (QED) is 0.426. The normalized spacial score (nSPS) is 13.1. The topological polar surface area (TPSA) is 104 Å². The summed E-state index contributed by atoms with van der Waals surface area (Å²) < 4.78 is 13.1. The van der Waals surface area contributed by atoms with E-state index in [4.69, 9.17) is 15.8 Å². The number of nitrogens with two attached hydrogens (primary N) is 1. The van der Waals surface area contributed by atoms with E-state index in [1.807, 2.05) is 0 Å². The molecule has 0 aromatic heterocycles. The summed E-state index contributed by atoms with van der Waals surface area (Å²) in [6.07, 6.45) is 1.31. The van der Waals surface area contributed by atoms with E-state index in [1.165, 1.54) is 18.2 Å². The van der Waals surface area contributed by atoms with Crippen LogP contribution in [0.3, 0.4) is 0 Å². The Balaban J connectivity index is 0.00000400. The van der Waals surface area contributed by atoms with Crippen molar-refractivity contribution >= 4 is 25.5 Å². The van der Waals surface area contributed by atoms with E-state index in [9.17, 15) is 14.3 Å². The van der Waals surface area contributed by atoms with E-state index in [2.05, 4.69) is 0 Å². The SMILES string of the molecule is Cl.NC(CCCCB(O)O)(Cc1cccc(F)c1)C(=O)O. The lowest BCUT2D eigenvalue weighted by atomic mass is 9.81. The highest BCUT2D eigenvalue weighted by atomic mass is 35.5. The average Bonchev–Trinajstić information content (AvgIpc) is 2.34. The molecular weight excluding hydrogens is 299 g/mol. The lowest BCUT2D eigenvalue weighted by molar-refractivity contribution is -0.143. The minimum atomic E-state index is -1.48. The largest absolute Gasteiger partial charge is 0.480 e. The molecule has 0 aliphatic rings. The van der Waals surface area contributed by atoms with Gasteiger partial charge in [-0.1, -0.05) is 25.0 Å². The zero-order valence-corrected chi connectivity index (χ0v) is 12.4. The number of unbranched alkanes of at least 4 members (excludes halogenated alkanes) is 1. The van der Waals surface area contributed by atoms with Gasteiger partial charge in [0, 0.05) is 6.42 Å². The van der Waals surface area contributed by atoms with E-state index in [-0.39, 0.29) is 31.6 Å². The van der Waals surface area contributed by atoms with Crippen LogP contribution in [0.2, 0.25) is 6.32 Å². The van der Waals surface area contributed by atoms with Gasteiger partial charge in [-0.05, 0) is 30.4 Å². The van der Waals surface area contributed by atoms with Gasteiger partial charge in [0.1, 0.15) is 11.4 Å². The fourth-order valence-corrected chi connectivity index (χ4v) is 2.05. The average molecular weight is 320 g/mol. The third-order valence-corrected chi connectivity index (χ3v) is 3.17. The summed E-state index contributed by atoms with van der Waals surface area (Å²) in [5.41, 5.74) is 4.94. The maximum Gasteiger partial charge on any atom is 0.451 e. The molecule has 5 nitrogen and oxygen atoms in total. The predicted molar refractivity (Wildman–Crippen MR) is 80.8 cm³/mol. The van der Waals surface area contributed by atoms with Crippen molar-refractivity contribution in [3.8, 4) is 0 Å². The molecule has 1 unspecified atom stereocenters. The fourth-order valence-electron chi connectivity index (χ4n) is 2.05. The molecule has 0 radical (unpaired) electrons. The van der Waals surface area contributed by atoms with Crippen LogP contribution in [0.4, 0.5) is 4.39 Å². The molecule has 0 saturated carbocycles. The van der Waals surface area contributed by atoms with Crippen molar-refractivity contribution in [3.05, 3.63) is 35.6 Å². The molecule has 21 heavy (non-hydrogen) atoms. The van der Waals surface area contributed by atoms with E-state index < -0.39 is 24.4 Å². The van der Waals surface area contributed by atoms with Gasteiger partial charge >= 0.3 is 13.1 Å². The summed E-state index contributed by atoms with van der Waals surface area (Å²) in [5.74, 6) is -1.58. The molecule has 8 heteroatoms. The summed E-state index contributed by atoms with van der Waals surface area (Å²) in [6, 6.07) is 5.69. The maximum absolute atomic E-state index is 13.1. The van der Waals surface area contributed by atoms with Crippen molar-refractivity contribution in [1.82, 2.24) is 0 Å². The molecule has 0 aliphatic carbocycles. The van der Waals surface area contributed by atoms with Gasteiger partial charge in [-0.3, -0.25) is 4.79 Å². The van der Waals surface area contributed by atoms with Gasteiger partial charge in [-0.2, -0.15) is 0 Å². The predicted octanol–water partition coefficient (Wildman–Crippen LogP) is 1.22. The smallest absolute Gasteiger partial charge is 0.451 e. The summed E-state index contributed by atoms with van der Waals surface area (Å²) >= 11 is 0. The summed E-state index contributed by atoms with van der Waals surface area (Å²) in [7, 11) is -1.39. The number of rotatable bonds is 8. The van der Waals surface area contributed by atoms with Gasteiger partial charge in [-0.25, -0.2) is 4.39 Å². The Morgan fingerprint density at radius 2 is 2.00 bits per heavy atom. The first kappa shape index (κ1) is 19.9. The van der Waals surface area contributed by atoms with Gasteiger partial charge in [0.25, 0.3) is 0 Å². The highest BCUT2D eigenvalue weighted by molar-refractivity contribution is 6.40. The van der Waals surface area contributed by atoms with Crippen LogP contribution in [0.25, 0.3) is 0 Å². The van der Waals surface area contributed by atoms with Gasteiger partial charge in [0.15, 0.2) is 0 Å².